The molecule has 0 aromatic rings. The molecule has 0 aromatic heterocycles. The molecular weight excluding hydrogens is 396 g/mol. The third-order valence-corrected chi connectivity index (χ3v) is 11.3. The largest absolute Gasteiger partial charge is 0.393 e. The molecular formula is C29H48O3. The van der Waals surface area contributed by atoms with Gasteiger partial charge in [0.2, 0.25) is 0 Å². The molecule has 9 atom stereocenters. The third kappa shape index (κ3) is 3.56. The van der Waals surface area contributed by atoms with Gasteiger partial charge in [0.05, 0.1) is 6.10 Å². The number of aliphatic hydroxyl groups excluding tert-OH is 1. The molecule has 0 spiro atoms. The van der Waals surface area contributed by atoms with Gasteiger partial charge in [0.25, 0.3) is 0 Å². The van der Waals surface area contributed by atoms with Crippen molar-refractivity contribution in [1.82, 2.24) is 0 Å². The predicted molar refractivity (Wildman–Crippen MR) is 130 cm³/mol. The number of ketones is 1. The van der Waals surface area contributed by atoms with E-state index >= 15 is 0 Å². The van der Waals surface area contributed by atoms with Crippen molar-refractivity contribution in [3.8, 4) is 0 Å². The first kappa shape index (κ1) is 24.5. The molecule has 3 saturated carbocycles. The molecule has 0 amide bonds. The van der Waals surface area contributed by atoms with Crippen LogP contribution in [0.15, 0.2) is 11.6 Å². The van der Waals surface area contributed by atoms with E-state index in [1.54, 1.807) is 0 Å². The first-order chi connectivity index (χ1) is 15.0. The second kappa shape index (κ2) is 8.52. The monoisotopic (exact) mass is 444 g/mol. The minimum atomic E-state index is -1.39. The topological polar surface area (TPSA) is 57.5 Å². The van der Waals surface area contributed by atoms with E-state index in [0.717, 1.165) is 36.5 Å². The molecule has 0 heterocycles. The number of allylic oxidation sites excluding steroid dienone is 1. The lowest BCUT2D eigenvalue weighted by Crippen LogP contribution is -2.64. The Labute approximate surface area is 196 Å². The Kier molecular flexibility index (Phi) is 6.51. The van der Waals surface area contributed by atoms with Crippen molar-refractivity contribution in [2.75, 3.05) is 0 Å². The average molecular weight is 445 g/mol. The smallest absolute Gasteiger partial charge is 0.187 e. The molecule has 3 fully saturated rings. The number of hydrogen-bond acceptors (Lipinski definition) is 3. The molecule has 2 N–H and O–H groups in total. The normalized spacial score (nSPS) is 45.7. The first-order valence-electron chi connectivity index (χ1n) is 13.6. The van der Waals surface area contributed by atoms with Gasteiger partial charge in [-0.25, -0.2) is 0 Å². The molecule has 0 aliphatic heterocycles. The third-order valence-electron chi connectivity index (χ3n) is 11.3. The minimum absolute atomic E-state index is 0.131. The quantitative estimate of drug-likeness (QED) is 0.504. The van der Waals surface area contributed by atoms with Gasteiger partial charge < -0.3 is 10.2 Å². The van der Waals surface area contributed by atoms with Crippen molar-refractivity contribution in [2.24, 2.45) is 46.3 Å². The fourth-order valence-corrected chi connectivity index (χ4v) is 9.01. The molecule has 182 valence electrons. The van der Waals surface area contributed by atoms with E-state index in [-0.39, 0.29) is 23.5 Å². The first-order valence-corrected chi connectivity index (χ1v) is 13.6. The Morgan fingerprint density at radius 2 is 1.75 bits per heavy atom. The molecule has 32 heavy (non-hydrogen) atoms. The van der Waals surface area contributed by atoms with Crippen molar-refractivity contribution in [3.63, 3.8) is 0 Å². The zero-order chi connectivity index (χ0) is 23.5. The summed E-state index contributed by atoms with van der Waals surface area (Å²) in [4.78, 5) is 13.3. The zero-order valence-corrected chi connectivity index (χ0v) is 21.5. The zero-order valence-electron chi connectivity index (χ0n) is 21.5. The van der Waals surface area contributed by atoms with Gasteiger partial charge in [-0.2, -0.15) is 0 Å². The molecule has 0 aromatic carbocycles. The summed E-state index contributed by atoms with van der Waals surface area (Å²) in [6.07, 6.45) is 11.6. The SMILES string of the molecule is CCC(CCC(C)[C@H]1CCC2C3=CC(=O)[C@@]4(O)C[C@@H](O)CC[C@]4(C)C3CC[C@@]21C)C(C)C. The molecule has 3 heteroatoms. The van der Waals surface area contributed by atoms with Gasteiger partial charge in [-0.05, 0) is 91.9 Å². The maximum Gasteiger partial charge on any atom is 0.187 e. The summed E-state index contributed by atoms with van der Waals surface area (Å²) in [5.74, 6) is 3.70. The van der Waals surface area contributed by atoms with Crippen molar-refractivity contribution < 1.29 is 15.0 Å². The maximum atomic E-state index is 13.3. The Hall–Kier alpha value is -0.670. The number of carbonyl (C=O) groups excluding carboxylic acids is 1. The van der Waals surface area contributed by atoms with Gasteiger partial charge >= 0.3 is 0 Å². The Bertz CT molecular complexity index is 756. The second-order valence-electron chi connectivity index (χ2n) is 13.0. The summed E-state index contributed by atoms with van der Waals surface area (Å²) in [6, 6.07) is 0. The van der Waals surface area contributed by atoms with Crippen LogP contribution in [0.4, 0.5) is 0 Å². The van der Waals surface area contributed by atoms with E-state index in [0.29, 0.717) is 12.3 Å². The highest BCUT2D eigenvalue weighted by molar-refractivity contribution is 5.99. The molecule has 4 aliphatic carbocycles. The van der Waals surface area contributed by atoms with Crippen LogP contribution in [-0.4, -0.2) is 27.7 Å². The van der Waals surface area contributed by atoms with Crippen LogP contribution < -0.4 is 0 Å². The average Bonchev–Trinajstić information content (AvgIpc) is 3.08. The van der Waals surface area contributed by atoms with Crippen LogP contribution in [0.25, 0.3) is 0 Å². The molecule has 4 aliphatic rings. The number of rotatable bonds is 6. The standard InChI is InChI=1S/C29H48O3/c1-7-20(18(2)3)9-8-19(4)23-10-11-24-22-16-26(31)29(32)17-21(30)12-15-28(29,6)25(22)13-14-27(23,24)5/h16,18-21,23-25,30,32H,7-15,17H2,1-6H3/t19?,20?,21-,23+,24?,25?,27+,28+,29-/m0/s1. The number of fused-ring (bicyclic) bond motifs is 5. The van der Waals surface area contributed by atoms with E-state index in [1.807, 2.05) is 6.08 Å². The molecule has 0 bridgehead atoms. The van der Waals surface area contributed by atoms with E-state index in [2.05, 4.69) is 41.5 Å². The van der Waals surface area contributed by atoms with Gasteiger partial charge in [-0.1, -0.05) is 60.0 Å². The van der Waals surface area contributed by atoms with Gasteiger partial charge in [0.15, 0.2) is 5.78 Å². The van der Waals surface area contributed by atoms with Crippen molar-refractivity contribution >= 4 is 5.78 Å². The lowest BCUT2D eigenvalue weighted by molar-refractivity contribution is -0.180. The summed E-state index contributed by atoms with van der Waals surface area (Å²) in [5.41, 5.74) is -0.175. The summed E-state index contributed by atoms with van der Waals surface area (Å²) in [5, 5.41) is 21.7. The number of carbonyl (C=O) groups is 1. The second-order valence-corrected chi connectivity index (χ2v) is 13.0. The fraction of sp³-hybridized carbons (Fsp3) is 0.897. The summed E-state index contributed by atoms with van der Waals surface area (Å²) < 4.78 is 0. The summed E-state index contributed by atoms with van der Waals surface area (Å²) in [7, 11) is 0. The highest BCUT2D eigenvalue weighted by Crippen LogP contribution is 2.67. The van der Waals surface area contributed by atoms with Crippen molar-refractivity contribution in [2.45, 2.75) is 117 Å². The fourth-order valence-electron chi connectivity index (χ4n) is 9.01. The highest BCUT2D eigenvalue weighted by Gasteiger charge is 2.65. The van der Waals surface area contributed by atoms with Crippen LogP contribution in [-0.2, 0) is 4.79 Å². The van der Waals surface area contributed by atoms with Gasteiger partial charge in [0, 0.05) is 11.8 Å². The van der Waals surface area contributed by atoms with E-state index < -0.39 is 17.1 Å². The van der Waals surface area contributed by atoms with Crippen molar-refractivity contribution in [1.29, 1.82) is 0 Å². The molecule has 4 rings (SSSR count). The van der Waals surface area contributed by atoms with Gasteiger partial charge in [0.1, 0.15) is 5.60 Å². The maximum absolute atomic E-state index is 13.3. The van der Waals surface area contributed by atoms with Gasteiger partial charge in [-0.15, -0.1) is 0 Å². The predicted octanol–water partition coefficient (Wildman–Crippen LogP) is 6.32. The summed E-state index contributed by atoms with van der Waals surface area (Å²) >= 11 is 0. The van der Waals surface area contributed by atoms with Crippen molar-refractivity contribution in [3.05, 3.63) is 11.6 Å². The van der Waals surface area contributed by atoms with E-state index in [9.17, 15) is 15.0 Å². The van der Waals surface area contributed by atoms with E-state index in [1.165, 1.54) is 44.1 Å². The Morgan fingerprint density at radius 1 is 1.03 bits per heavy atom. The van der Waals surface area contributed by atoms with Crippen LogP contribution in [0.5, 0.6) is 0 Å². The van der Waals surface area contributed by atoms with E-state index in [4.69, 9.17) is 0 Å². The molecule has 4 unspecified atom stereocenters. The highest BCUT2D eigenvalue weighted by atomic mass is 16.3. The number of aliphatic hydroxyl groups is 2. The Morgan fingerprint density at radius 3 is 2.41 bits per heavy atom. The lowest BCUT2D eigenvalue weighted by Gasteiger charge is -2.60. The van der Waals surface area contributed by atoms with Crippen LogP contribution in [0.2, 0.25) is 0 Å². The molecule has 0 radical (unpaired) electrons. The van der Waals surface area contributed by atoms with Crippen LogP contribution in [0.3, 0.4) is 0 Å². The lowest BCUT2D eigenvalue weighted by atomic mass is 9.46. The Balaban J connectivity index is 1.56. The van der Waals surface area contributed by atoms with Crippen LogP contribution >= 0.6 is 0 Å². The van der Waals surface area contributed by atoms with Crippen LogP contribution in [0, 0.1) is 46.3 Å². The summed E-state index contributed by atoms with van der Waals surface area (Å²) in [6.45, 7) is 14.2. The molecule has 3 nitrogen and oxygen atoms in total. The van der Waals surface area contributed by atoms with Crippen LogP contribution in [0.1, 0.15) is 106 Å². The molecule has 0 saturated heterocycles. The van der Waals surface area contributed by atoms with Gasteiger partial charge in [-0.3, -0.25) is 4.79 Å². The minimum Gasteiger partial charge on any atom is -0.393 e. The number of hydrogen-bond donors (Lipinski definition) is 2.